The van der Waals surface area contributed by atoms with E-state index < -0.39 is 5.91 Å². The largest absolute Gasteiger partial charge is 0.490 e. The molecule has 0 fully saturated rings. The molecule has 0 bridgehead atoms. The highest BCUT2D eigenvalue weighted by Crippen LogP contribution is 2.30. The smallest absolute Gasteiger partial charge is 0.262 e. The van der Waals surface area contributed by atoms with Crippen LogP contribution in [0, 0.1) is 17.1 Å². The van der Waals surface area contributed by atoms with Gasteiger partial charge in [-0.05, 0) is 61.7 Å². The van der Waals surface area contributed by atoms with E-state index in [0.29, 0.717) is 29.2 Å². The highest BCUT2D eigenvalue weighted by molar-refractivity contribution is 6.01. The third-order valence-electron chi connectivity index (χ3n) is 4.22. The van der Waals surface area contributed by atoms with Gasteiger partial charge in [-0.15, -0.1) is 0 Å². The molecule has 5 nitrogen and oxygen atoms in total. The maximum Gasteiger partial charge on any atom is 0.262 e. The van der Waals surface area contributed by atoms with Gasteiger partial charge >= 0.3 is 0 Å². The number of nitriles is 1. The van der Waals surface area contributed by atoms with Gasteiger partial charge in [0.25, 0.3) is 5.91 Å². The molecule has 0 unspecified atom stereocenters. The molecule has 0 aliphatic heterocycles. The van der Waals surface area contributed by atoms with E-state index in [4.69, 9.17) is 9.47 Å². The fourth-order valence-electron chi connectivity index (χ4n) is 2.51. The molecule has 1 N–H and O–H groups in total. The average molecular weight is 396 g/mol. The number of carbonyl (C=O) groups excluding carboxylic acids is 1. The molecule has 1 amide bonds. The van der Waals surface area contributed by atoms with Crippen molar-refractivity contribution >= 4 is 12.0 Å². The van der Waals surface area contributed by atoms with E-state index in [0.717, 1.165) is 6.42 Å². The summed E-state index contributed by atoms with van der Waals surface area (Å²) < 4.78 is 24.7. The summed E-state index contributed by atoms with van der Waals surface area (Å²) in [6.45, 7) is 6.29. The topological polar surface area (TPSA) is 71.3 Å². The summed E-state index contributed by atoms with van der Waals surface area (Å²) in [5.41, 5.74) is 1.36. The molecule has 0 heterocycles. The first-order chi connectivity index (χ1) is 14.0. The van der Waals surface area contributed by atoms with Crippen molar-refractivity contribution < 1.29 is 18.7 Å². The zero-order valence-electron chi connectivity index (χ0n) is 16.9. The standard InChI is InChI=1S/C23H25FN2O3/c1-4-16(3)26-23(27)19(14-25)11-17-9-10-21(22(13-17)28-5-2)29-15-18-7-6-8-20(24)12-18/h6-13,16H,4-5,15H2,1-3H3,(H,26,27)/b19-11+/t16-/m1/s1. The molecule has 29 heavy (non-hydrogen) atoms. The maximum atomic E-state index is 13.3. The molecule has 0 spiro atoms. The minimum absolute atomic E-state index is 0.0150. The number of carbonyl (C=O) groups is 1. The van der Waals surface area contributed by atoms with Crippen LogP contribution in [0.25, 0.3) is 6.08 Å². The zero-order chi connectivity index (χ0) is 21.2. The number of nitrogens with one attached hydrogen (secondary N) is 1. The van der Waals surface area contributed by atoms with Gasteiger partial charge in [0.2, 0.25) is 0 Å². The van der Waals surface area contributed by atoms with Gasteiger partial charge in [0, 0.05) is 6.04 Å². The fourth-order valence-corrected chi connectivity index (χ4v) is 2.51. The van der Waals surface area contributed by atoms with E-state index >= 15 is 0 Å². The molecule has 2 rings (SSSR count). The monoisotopic (exact) mass is 396 g/mol. The van der Waals surface area contributed by atoms with Crippen LogP contribution in [-0.2, 0) is 11.4 Å². The molecule has 0 saturated heterocycles. The lowest BCUT2D eigenvalue weighted by Gasteiger charge is -2.13. The van der Waals surface area contributed by atoms with E-state index in [1.54, 1.807) is 30.3 Å². The first-order valence-electron chi connectivity index (χ1n) is 9.53. The summed E-state index contributed by atoms with van der Waals surface area (Å²) in [6, 6.07) is 13.3. The van der Waals surface area contributed by atoms with Gasteiger partial charge in [0.15, 0.2) is 11.5 Å². The van der Waals surface area contributed by atoms with Gasteiger partial charge in [-0.2, -0.15) is 5.26 Å². The van der Waals surface area contributed by atoms with Gasteiger partial charge in [-0.25, -0.2) is 4.39 Å². The SMILES string of the molecule is CCOc1cc(/C=C(\C#N)C(=O)N[C@H](C)CC)ccc1OCc1cccc(F)c1. The van der Waals surface area contributed by atoms with E-state index in [-0.39, 0.29) is 24.0 Å². The number of hydrogen-bond donors (Lipinski definition) is 1. The van der Waals surface area contributed by atoms with Crippen LogP contribution >= 0.6 is 0 Å². The van der Waals surface area contributed by atoms with Crippen molar-refractivity contribution in [2.75, 3.05) is 6.61 Å². The zero-order valence-corrected chi connectivity index (χ0v) is 16.9. The Morgan fingerprint density at radius 2 is 2.00 bits per heavy atom. The Hall–Kier alpha value is -3.33. The Morgan fingerprint density at radius 3 is 2.66 bits per heavy atom. The van der Waals surface area contributed by atoms with Gasteiger partial charge < -0.3 is 14.8 Å². The molecule has 1 atom stereocenters. The lowest BCUT2D eigenvalue weighted by Crippen LogP contribution is -2.32. The van der Waals surface area contributed by atoms with Gasteiger partial charge in [-0.1, -0.05) is 25.1 Å². The second-order valence-corrected chi connectivity index (χ2v) is 6.51. The Labute approximate surface area is 170 Å². The van der Waals surface area contributed by atoms with E-state index in [1.165, 1.54) is 18.2 Å². The molecule has 152 valence electrons. The maximum absolute atomic E-state index is 13.3. The summed E-state index contributed by atoms with van der Waals surface area (Å²) in [5.74, 6) is 0.246. The molecule has 2 aromatic carbocycles. The highest BCUT2D eigenvalue weighted by atomic mass is 19.1. The number of rotatable bonds is 9. The Balaban J connectivity index is 2.21. The van der Waals surface area contributed by atoms with Gasteiger partial charge in [-0.3, -0.25) is 4.79 Å². The van der Waals surface area contributed by atoms with E-state index in [2.05, 4.69) is 5.32 Å². The van der Waals surface area contributed by atoms with Crippen LogP contribution in [0.15, 0.2) is 48.0 Å². The quantitative estimate of drug-likeness (QED) is 0.496. The van der Waals surface area contributed by atoms with Crippen LogP contribution in [0.5, 0.6) is 11.5 Å². The predicted molar refractivity (Wildman–Crippen MR) is 110 cm³/mol. The Morgan fingerprint density at radius 1 is 1.21 bits per heavy atom. The van der Waals surface area contributed by atoms with Crippen molar-refractivity contribution in [3.63, 3.8) is 0 Å². The van der Waals surface area contributed by atoms with Gasteiger partial charge in [0.1, 0.15) is 24.1 Å². The van der Waals surface area contributed by atoms with Crippen molar-refractivity contribution in [2.45, 2.75) is 39.8 Å². The molecule has 0 aromatic heterocycles. The summed E-state index contributed by atoms with van der Waals surface area (Å²) in [4.78, 5) is 12.2. The van der Waals surface area contributed by atoms with Crippen LogP contribution in [-0.4, -0.2) is 18.6 Å². The van der Waals surface area contributed by atoms with Crippen molar-refractivity contribution in [3.8, 4) is 17.6 Å². The second kappa shape index (κ2) is 10.9. The molecule has 0 aliphatic carbocycles. The lowest BCUT2D eigenvalue weighted by molar-refractivity contribution is -0.117. The second-order valence-electron chi connectivity index (χ2n) is 6.51. The van der Waals surface area contributed by atoms with Crippen LogP contribution in [0.2, 0.25) is 0 Å². The summed E-state index contributed by atoms with van der Waals surface area (Å²) >= 11 is 0. The number of nitrogens with zero attached hydrogens (tertiary/aromatic N) is 1. The Bertz CT molecular complexity index is 919. The molecule has 0 radical (unpaired) electrons. The number of halogens is 1. The molecular weight excluding hydrogens is 371 g/mol. The first kappa shape index (κ1) is 22.0. The highest BCUT2D eigenvalue weighted by Gasteiger charge is 2.13. The molecule has 0 saturated carbocycles. The number of benzene rings is 2. The fraction of sp³-hybridized carbons (Fsp3) is 0.304. The molecule has 6 heteroatoms. The summed E-state index contributed by atoms with van der Waals surface area (Å²) in [5, 5.41) is 12.1. The van der Waals surface area contributed by atoms with Crippen LogP contribution in [0.4, 0.5) is 4.39 Å². The van der Waals surface area contributed by atoms with Gasteiger partial charge in [0.05, 0.1) is 6.61 Å². The van der Waals surface area contributed by atoms with Crippen LogP contribution in [0.1, 0.15) is 38.3 Å². The normalized spacial score (nSPS) is 12.0. The van der Waals surface area contributed by atoms with Crippen molar-refractivity contribution in [2.24, 2.45) is 0 Å². The number of hydrogen-bond acceptors (Lipinski definition) is 4. The summed E-state index contributed by atoms with van der Waals surface area (Å²) in [6.07, 6.45) is 2.28. The minimum atomic E-state index is -0.411. The molecule has 2 aromatic rings. The van der Waals surface area contributed by atoms with Crippen molar-refractivity contribution in [3.05, 3.63) is 65.0 Å². The van der Waals surface area contributed by atoms with E-state index in [1.807, 2.05) is 26.8 Å². The van der Waals surface area contributed by atoms with E-state index in [9.17, 15) is 14.4 Å². The molecular formula is C23H25FN2O3. The van der Waals surface area contributed by atoms with Crippen LogP contribution in [0.3, 0.4) is 0 Å². The minimum Gasteiger partial charge on any atom is -0.490 e. The number of amides is 1. The Kier molecular flexibility index (Phi) is 8.23. The van der Waals surface area contributed by atoms with Crippen LogP contribution < -0.4 is 14.8 Å². The first-order valence-corrected chi connectivity index (χ1v) is 9.53. The summed E-state index contributed by atoms with van der Waals surface area (Å²) in [7, 11) is 0. The number of ether oxygens (including phenoxy) is 2. The average Bonchev–Trinajstić information content (AvgIpc) is 2.71. The lowest BCUT2D eigenvalue weighted by atomic mass is 10.1. The van der Waals surface area contributed by atoms with Crippen molar-refractivity contribution in [1.29, 1.82) is 5.26 Å². The third-order valence-corrected chi connectivity index (χ3v) is 4.22. The molecule has 0 aliphatic rings. The predicted octanol–water partition coefficient (Wildman–Crippen LogP) is 4.63. The van der Waals surface area contributed by atoms with Crippen molar-refractivity contribution in [1.82, 2.24) is 5.32 Å². The third kappa shape index (κ3) is 6.65.